The van der Waals surface area contributed by atoms with Crippen molar-refractivity contribution in [2.75, 3.05) is 51.3 Å². The standard InChI is InChI=1S/C20H30FN3O3/c1-27-14-13-24-10-4-9-20(26,19(24)25)15-22-16-7-11-23(12-8-16)18-6-3-2-5-17(18)21/h2-3,5-6,16,22,26H,4,7-15H2,1H3. The van der Waals surface area contributed by atoms with Gasteiger partial charge in [0, 0.05) is 45.9 Å². The monoisotopic (exact) mass is 379 g/mol. The minimum atomic E-state index is -1.34. The Morgan fingerprint density at radius 2 is 2.04 bits per heavy atom. The second-order valence-corrected chi connectivity index (χ2v) is 7.51. The first-order valence-corrected chi connectivity index (χ1v) is 9.77. The number of hydrogen-bond acceptors (Lipinski definition) is 5. The number of aliphatic hydroxyl groups is 1. The molecule has 7 heteroatoms. The molecule has 27 heavy (non-hydrogen) atoms. The fourth-order valence-electron chi connectivity index (χ4n) is 3.99. The summed E-state index contributed by atoms with van der Waals surface area (Å²) in [7, 11) is 1.61. The van der Waals surface area contributed by atoms with Crippen LogP contribution in [0.2, 0.25) is 0 Å². The van der Waals surface area contributed by atoms with E-state index in [1.807, 2.05) is 6.07 Å². The summed E-state index contributed by atoms with van der Waals surface area (Å²) in [5, 5.41) is 14.2. The van der Waals surface area contributed by atoms with Gasteiger partial charge in [0.05, 0.1) is 12.3 Å². The van der Waals surface area contributed by atoms with Gasteiger partial charge in [0.25, 0.3) is 5.91 Å². The molecule has 2 aliphatic rings. The smallest absolute Gasteiger partial charge is 0.255 e. The molecule has 0 radical (unpaired) electrons. The lowest BCUT2D eigenvalue weighted by molar-refractivity contribution is -0.157. The Bertz CT molecular complexity index is 637. The number of carbonyl (C=O) groups is 1. The van der Waals surface area contributed by atoms with E-state index in [1.165, 1.54) is 6.07 Å². The first-order chi connectivity index (χ1) is 13.0. The minimum absolute atomic E-state index is 0.192. The van der Waals surface area contributed by atoms with Crippen LogP contribution in [0.1, 0.15) is 25.7 Å². The van der Waals surface area contributed by atoms with E-state index in [4.69, 9.17) is 4.74 Å². The van der Waals surface area contributed by atoms with E-state index in [1.54, 1.807) is 24.1 Å². The highest BCUT2D eigenvalue weighted by molar-refractivity contribution is 5.86. The number of hydrogen-bond donors (Lipinski definition) is 2. The Kier molecular flexibility index (Phi) is 6.68. The average molecular weight is 379 g/mol. The van der Waals surface area contributed by atoms with Gasteiger partial charge in [-0.3, -0.25) is 4.79 Å². The van der Waals surface area contributed by atoms with E-state index in [-0.39, 0.29) is 24.3 Å². The highest BCUT2D eigenvalue weighted by Gasteiger charge is 2.42. The molecule has 2 fully saturated rings. The minimum Gasteiger partial charge on any atom is -0.383 e. The number of methoxy groups -OCH3 is 1. The van der Waals surface area contributed by atoms with E-state index in [2.05, 4.69) is 10.2 Å². The maximum absolute atomic E-state index is 13.9. The highest BCUT2D eigenvalue weighted by atomic mass is 19.1. The van der Waals surface area contributed by atoms with Gasteiger partial charge in [-0.05, 0) is 37.8 Å². The first kappa shape index (κ1) is 20.0. The number of nitrogens with one attached hydrogen (secondary N) is 1. The number of carbonyl (C=O) groups excluding carboxylic acids is 1. The second kappa shape index (κ2) is 8.99. The van der Waals surface area contributed by atoms with Crippen molar-refractivity contribution < 1.29 is 19.0 Å². The third-order valence-corrected chi connectivity index (χ3v) is 5.64. The number of likely N-dealkylation sites (tertiary alicyclic amines) is 1. The molecule has 1 aromatic carbocycles. The van der Waals surface area contributed by atoms with Crippen LogP contribution in [0, 0.1) is 5.82 Å². The lowest BCUT2D eigenvalue weighted by Crippen LogP contribution is -2.60. The number of benzene rings is 1. The van der Waals surface area contributed by atoms with Crippen LogP contribution in [-0.4, -0.2) is 74.0 Å². The van der Waals surface area contributed by atoms with Crippen molar-refractivity contribution in [1.29, 1.82) is 0 Å². The molecule has 1 unspecified atom stereocenters. The van der Waals surface area contributed by atoms with Crippen LogP contribution in [0.4, 0.5) is 10.1 Å². The van der Waals surface area contributed by atoms with Crippen molar-refractivity contribution in [2.24, 2.45) is 0 Å². The molecule has 1 amide bonds. The quantitative estimate of drug-likeness (QED) is 0.750. The fraction of sp³-hybridized carbons (Fsp3) is 0.650. The molecule has 2 aliphatic heterocycles. The Morgan fingerprint density at radius 3 is 2.74 bits per heavy atom. The van der Waals surface area contributed by atoms with Gasteiger partial charge >= 0.3 is 0 Å². The number of rotatable bonds is 7. The summed E-state index contributed by atoms with van der Waals surface area (Å²) in [4.78, 5) is 16.4. The van der Waals surface area contributed by atoms with Gasteiger partial charge < -0.3 is 25.0 Å². The van der Waals surface area contributed by atoms with Crippen LogP contribution in [0.25, 0.3) is 0 Å². The third-order valence-electron chi connectivity index (χ3n) is 5.64. The molecule has 1 aromatic rings. The first-order valence-electron chi connectivity index (χ1n) is 9.77. The molecule has 0 aliphatic carbocycles. The summed E-state index contributed by atoms with van der Waals surface area (Å²) in [6, 6.07) is 7.06. The fourth-order valence-corrected chi connectivity index (χ4v) is 3.99. The van der Waals surface area contributed by atoms with Crippen LogP contribution < -0.4 is 10.2 Å². The van der Waals surface area contributed by atoms with Gasteiger partial charge in [0.2, 0.25) is 0 Å². The number of nitrogens with zero attached hydrogens (tertiary/aromatic N) is 2. The topological polar surface area (TPSA) is 65.0 Å². The van der Waals surface area contributed by atoms with E-state index in [9.17, 15) is 14.3 Å². The largest absolute Gasteiger partial charge is 0.383 e. The number of halogens is 1. The van der Waals surface area contributed by atoms with E-state index in [0.717, 1.165) is 32.4 Å². The molecule has 2 saturated heterocycles. The third kappa shape index (κ3) is 4.78. The van der Waals surface area contributed by atoms with Crippen LogP contribution in [0.15, 0.2) is 24.3 Å². The zero-order valence-electron chi connectivity index (χ0n) is 16.0. The Labute approximate surface area is 160 Å². The number of piperidine rings is 2. The van der Waals surface area contributed by atoms with Gasteiger partial charge in [-0.15, -0.1) is 0 Å². The molecule has 150 valence electrons. The lowest BCUT2D eigenvalue weighted by Gasteiger charge is -2.40. The molecule has 0 bridgehead atoms. The van der Waals surface area contributed by atoms with Gasteiger partial charge in [-0.25, -0.2) is 4.39 Å². The molecule has 2 heterocycles. The molecule has 1 atom stereocenters. The van der Waals surface area contributed by atoms with Crippen molar-refractivity contribution >= 4 is 11.6 Å². The summed E-state index contributed by atoms with van der Waals surface area (Å²) in [6.07, 6.45) is 2.98. The second-order valence-electron chi connectivity index (χ2n) is 7.51. The predicted octanol–water partition coefficient (Wildman–Crippen LogP) is 1.38. The van der Waals surface area contributed by atoms with Crippen molar-refractivity contribution in [1.82, 2.24) is 10.2 Å². The number of ether oxygens (including phenoxy) is 1. The molecule has 0 saturated carbocycles. The maximum atomic E-state index is 13.9. The van der Waals surface area contributed by atoms with Crippen LogP contribution in [0.3, 0.4) is 0 Å². The highest BCUT2D eigenvalue weighted by Crippen LogP contribution is 2.25. The summed E-state index contributed by atoms with van der Waals surface area (Å²) in [6.45, 7) is 3.43. The zero-order valence-corrected chi connectivity index (χ0v) is 16.0. The number of para-hydroxylation sites is 1. The molecular weight excluding hydrogens is 349 g/mol. The molecule has 0 spiro atoms. The molecule has 3 rings (SSSR count). The maximum Gasteiger partial charge on any atom is 0.255 e. The van der Waals surface area contributed by atoms with Crippen molar-refractivity contribution in [3.8, 4) is 0 Å². The molecular formula is C20H30FN3O3. The zero-order chi connectivity index (χ0) is 19.3. The van der Waals surface area contributed by atoms with Gasteiger partial charge in [0.1, 0.15) is 5.82 Å². The normalized spacial score (nSPS) is 24.5. The predicted molar refractivity (Wildman–Crippen MR) is 102 cm³/mol. The average Bonchev–Trinajstić information content (AvgIpc) is 2.69. The summed E-state index contributed by atoms with van der Waals surface area (Å²) in [5.41, 5.74) is -0.694. The van der Waals surface area contributed by atoms with Crippen LogP contribution >= 0.6 is 0 Å². The van der Waals surface area contributed by atoms with E-state index < -0.39 is 5.60 Å². The molecule has 2 N–H and O–H groups in total. The van der Waals surface area contributed by atoms with Crippen molar-refractivity contribution in [2.45, 2.75) is 37.3 Å². The molecule has 0 aromatic heterocycles. The van der Waals surface area contributed by atoms with E-state index in [0.29, 0.717) is 31.8 Å². The Hall–Kier alpha value is -1.70. The van der Waals surface area contributed by atoms with Crippen molar-refractivity contribution in [3.05, 3.63) is 30.1 Å². The SMILES string of the molecule is COCCN1CCCC(O)(CNC2CCN(c3ccccc3F)CC2)C1=O. The summed E-state index contributed by atoms with van der Waals surface area (Å²) in [5.74, 6) is -0.399. The van der Waals surface area contributed by atoms with Gasteiger partial charge in [-0.2, -0.15) is 0 Å². The summed E-state index contributed by atoms with van der Waals surface area (Å²) < 4.78 is 19.0. The molecule has 6 nitrogen and oxygen atoms in total. The van der Waals surface area contributed by atoms with Crippen molar-refractivity contribution in [3.63, 3.8) is 0 Å². The van der Waals surface area contributed by atoms with Gasteiger partial charge in [-0.1, -0.05) is 12.1 Å². The Balaban J connectivity index is 1.49. The number of anilines is 1. The lowest BCUT2D eigenvalue weighted by atomic mass is 9.91. The summed E-state index contributed by atoms with van der Waals surface area (Å²) >= 11 is 0. The number of amides is 1. The Morgan fingerprint density at radius 1 is 1.30 bits per heavy atom. The van der Waals surface area contributed by atoms with E-state index >= 15 is 0 Å². The van der Waals surface area contributed by atoms with Gasteiger partial charge in [0.15, 0.2) is 5.60 Å². The van der Waals surface area contributed by atoms with Crippen LogP contribution in [0.5, 0.6) is 0 Å². The van der Waals surface area contributed by atoms with Crippen LogP contribution in [-0.2, 0) is 9.53 Å².